The molecule has 0 atom stereocenters. The van der Waals surface area contributed by atoms with Gasteiger partial charge >= 0.3 is 41.7 Å². The molecule has 0 aliphatic carbocycles. The molecule has 0 amide bonds. The van der Waals surface area contributed by atoms with E-state index in [1.54, 1.807) is 0 Å². The lowest BCUT2D eigenvalue weighted by Crippen LogP contribution is -2.73. The van der Waals surface area contributed by atoms with Crippen LogP contribution in [-0.2, 0) is 10.1 Å². The molecule has 0 radical (unpaired) electrons. The van der Waals surface area contributed by atoms with Crippen molar-refractivity contribution in [1.82, 2.24) is 0 Å². The number of hydrogen-bond donors (Lipinski definition) is 1. The first-order valence-corrected chi connectivity index (χ1v) is 10.8. The van der Waals surface area contributed by atoms with E-state index in [2.05, 4.69) is 4.74 Å². The van der Waals surface area contributed by atoms with Crippen molar-refractivity contribution in [2.75, 3.05) is 12.4 Å². The maximum absolute atomic E-state index is 14.2. The zero-order valence-electron chi connectivity index (χ0n) is 17.6. The standard InChI is InChI=1S/C17H11F15O5S/c18-11(19,10(33)8-4-1-2-5-9(8)37-6-3-7-38(34,35)36)12(20,21)13(22,23)14(24,25)15(26,27)16(28,29)17(30,31)32/h1-2,4-5H,3,6-7H2,(H,34,35,36). The quantitative estimate of drug-likeness (QED) is 0.138. The van der Waals surface area contributed by atoms with Crippen molar-refractivity contribution in [2.45, 2.75) is 48.1 Å². The van der Waals surface area contributed by atoms with Gasteiger partial charge in [-0.15, -0.1) is 0 Å². The minimum atomic E-state index is -8.54. The number of alkyl halides is 15. The second kappa shape index (κ2) is 9.94. The summed E-state index contributed by atoms with van der Waals surface area (Å²) in [6.07, 6.45) is -8.42. The van der Waals surface area contributed by atoms with Gasteiger partial charge < -0.3 is 4.74 Å². The summed E-state index contributed by atoms with van der Waals surface area (Å²) >= 11 is 0. The minimum absolute atomic E-state index is 0.118. The largest absolute Gasteiger partial charge is 0.493 e. The zero-order chi connectivity index (χ0) is 30.4. The minimum Gasteiger partial charge on any atom is -0.493 e. The van der Waals surface area contributed by atoms with E-state index in [1.165, 1.54) is 0 Å². The van der Waals surface area contributed by atoms with Gasteiger partial charge in [0.15, 0.2) is 0 Å². The number of ketones is 1. The Balaban J connectivity index is 3.51. The number of carbonyl (C=O) groups is 1. The van der Waals surface area contributed by atoms with E-state index in [0.717, 1.165) is 6.07 Å². The fourth-order valence-electron chi connectivity index (χ4n) is 2.48. The van der Waals surface area contributed by atoms with Crippen LogP contribution in [0.4, 0.5) is 65.9 Å². The Morgan fingerprint density at radius 2 is 1.13 bits per heavy atom. The number of carbonyl (C=O) groups excluding carboxylic acids is 1. The Kier molecular flexibility index (Phi) is 8.78. The van der Waals surface area contributed by atoms with Crippen LogP contribution >= 0.6 is 0 Å². The van der Waals surface area contributed by atoms with E-state index >= 15 is 0 Å². The maximum Gasteiger partial charge on any atom is 0.460 e. The van der Waals surface area contributed by atoms with Crippen LogP contribution in [0.15, 0.2) is 24.3 Å². The predicted molar refractivity (Wildman–Crippen MR) is 93.0 cm³/mol. The Bertz CT molecular complexity index is 1130. The Hall–Kier alpha value is -2.45. The molecule has 0 heterocycles. The summed E-state index contributed by atoms with van der Waals surface area (Å²) in [5.74, 6) is -54.6. The van der Waals surface area contributed by atoms with Crippen molar-refractivity contribution in [3.8, 4) is 5.75 Å². The van der Waals surface area contributed by atoms with Gasteiger partial charge in [0.05, 0.1) is 17.9 Å². The number of benzene rings is 1. The van der Waals surface area contributed by atoms with E-state index in [1.807, 2.05) is 0 Å². The van der Waals surface area contributed by atoms with Crippen molar-refractivity contribution in [3.63, 3.8) is 0 Å². The molecule has 1 aromatic rings. The molecule has 0 saturated heterocycles. The van der Waals surface area contributed by atoms with Gasteiger partial charge in [0.25, 0.3) is 10.1 Å². The second-order valence-corrected chi connectivity index (χ2v) is 8.83. The highest BCUT2D eigenvalue weighted by Crippen LogP contribution is 2.62. The molecule has 0 aliphatic rings. The summed E-state index contributed by atoms with van der Waals surface area (Å²) in [7, 11) is -4.62. The van der Waals surface area contributed by atoms with Crippen LogP contribution in [0.1, 0.15) is 16.8 Å². The zero-order valence-corrected chi connectivity index (χ0v) is 18.4. The van der Waals surface area contributed by atoms with Gasteiger partial charge in [0.2, 0.25) is 5.78 Å². The summed E-state index contributed by atoms with van der Waals surface area (Å²) in [4.78, 5) is 12.0. The molecule has 0 aromatic heterocycles. The smallest absolute Gasteiger partial charge is 0.460 e. The first kappa shape index (κ1) is 33.6. The van der Waals surface area contributed by atoms with Crippen LogP contribution in [0.2, 0.25) is 0 Å². The average Bonchev–Trinajstić information content (AvgIpc) is 2.74. The fourth-order valence-corrected chi connectivity index (χ4v) is 2.96. The van der Waals surface area contributed by atoms with E-state index < -0.39 is 87.7 Å². The number of ether oxygens (including phenoxy) is 1. The molecule has 220 valence electrons. The molecule has 0 saturated carbocycles. The van der Waals surface area contributed by atoms with Crippen LogP contribution in [0.3, 0.4) is 0 Å². The molecule has 0 spiro atoms. The number of halogens is 15. The van der Waals surface area contributed by atoms with Gasteiger partial charge in [-0.05, 0) is 18.6 Å². The van der Waals surface area contributed by atoms with Crippen LogP contribution in [0.25, 0.3) is 0 Å². The molecule has 0 aliphatic heterocycles. The van der Waals surface area contributed by atoms with E-state index in [9.17, 15) is 79.1 Å². The Morgan fingerprint density at radius 3 is 1.58 bits per heavy atom. The van der Waals surface area contributed by atoms with Gasteiger partial charge in [-0.1, -0.05) is 12.1 Å². The lowest BCUT2D eigenvalue weighted by Gasteiger charge is -2.41. The summed E-state index contributed by atoms with van der Waals surface area (Å²) < 4.78 is 234. The lowest BCUT2D eigenvalue weighted by molar-refractivity contribution is -0.449. The molecule has 1 aromatic carbocycles. The SMILES string of the molecule is O=C(c1ccccc1OCCCS(=O)(=O)O)C(F)(F)C(F)(F)C(F)(F)C(F)(F)C(F)(F)C(F)(F)C(F)(F)F. The Labute approximate surface area is 201 Å². The monoisotopic (exact) mass is 612 g/mol. The highest BCUT2D eigenvalue weighted by molar-refractivity contribution is 7.85. The summed E-state index contributed by atoms with van der Waals surface area (Å²) in [5.41, 5.74) is -1.84. The van der Waals surface area contributed by atoms with Crippen molar-refractivity contribution >= 4 is 15.9 Å². The van der Waals surface area contributed by atoms with Crippen molar-refractivity contribution in [3.05, 3.63) is 29.8 Å². The van der Waals surface area contributed by atoms with Crippen molar-refractivity contribution in [1.29, 1.82) is 0 Å². The van der Waals surface area contributed by atoms with E-state index in [0.29, 0.717) is 12.1 Å². The molecule has 38 heavy (non-hydrogen) atoms. The number of hydrogen-bond acceptors (Lipinski definition) is 4. The van der Waals surface area contributed by atoms with E-state index in [4.69, 9.17) is 4.55 Å². The van der Waals surface area contributed by atoms with Crippen molar-refractivity contribution in [2.24, 2.45) is 0 Å². The first-order valence-electron chi connectivity index (χ1n) is 9.16. The molecule has 5 nitrogen and oxygen atoms in total. The summed E-state index contributed by atoms with van der Waals surface area (Å²) in [6.45, 7) is -0.904. The van der Waals surface area contributed by atoms with Crippen LogP contribution in [0, 0.1) is 0 Å². The van der Waals surface area contributed by atoms with Gasteiger partial charge in [0.1, 0.15) is 5.75 Å². The van der Waals surface area contributed by atoms with Crippen LogP contribution < -0.4 is 4.74 Å². The highest BCUT2D eigenvalue weighted by Gasteiger charge is 2.94. The molecular weight excluding hydrogens is 601 g/mol. The fraction of sp³-hybridized carbons (Fsp3) is 0.588. The highest BCUT2D eigenvalue weighted by atomic mass is 32.2. The molecule has 21 heteroatoms. The van der Waals surface area contributed by atoms with E-state index in [-0.39, 0.29) is 6.07 Å². The first-order chi connectivity index (χ1) is 16.6. The van der Waals surface area contributed by atoms with Crippen LogP contribution in [-0.4, -0.2) is 72.8 Å². The van der Waals surface area contributed by atoms with Crippen LogP contribution in [0.5, 0.6) is 5.75 Å². The van der Waals surface area contributed by atoms with Gasteiger partial charge in [-0.2, -0.15) is 74.3 Å². The third-order valence-corrected chi connectivity index (χ3v) is 5.35. The van der Waals surface area contributed by atoms with Gasteiger partial charge in [-0.3, -0.25) is 9.35 Å². The second-order valence-electron chi connectivity index (χ2n) is 7.26. The topological polar surface area (TPSA) is 80.7 Å². The Morgan fingerprint density at radius 1 is 0.711 bits per heavy atom. The number of Topliss-reactive ketones (excluding diaryl/α,β-unsaturated/α-hetero) is 1. The third-order valence-electron chi connectivity index (χ3n) is 4.55. The molecule has 0 fully saturated rings. The van der Waals surface area contributed by atoms with Gasteiger partial charge in [0, 0.05) is 0 Å². The van der Waals surface area contributed by atoms with Gasteiger partial charge in [-0.25, -0.2) is 0 Å². The molecule has 1 N–H and O–H groups in total. The summed E-state index contributed by atoms with van der Waals surface area (Å²) in [6, 6.07) is 1.98. The molecule has 1 rings (SSSR count). The number of rotatable bonds is 12. The number of para-hydroxylation sites is 1. The average molecular weight is 612 g/mol. The molecule has 0 unspecified atom stereocenters. The maximum atomic E-state index is 14.2. The lowest BCUT2D eigenvalue weighted by atomic mass is 9.88. The van der Waals surface area contributed by atoms with Crippen molar-refractivity contribution < 1.29 is 88.4 Å². The molecular formula is C17H11F15O5S. The summed E-state index contributed by atoms with van der Waals surface area (Å²) in [5, 5.41) is 0. The third kappa shape index (κ3) is 5.48. The molecule has 0 bridgehead atoms. The predicted octanol–water partition coefficient (Wildman–Crippen LogP) is 5.90. The normalized spacial score (nSPS) is 14.9.